The average molecular weight is 436 g/mol. The van der Waals surface area contributed by atoms with Gasteiger partial charge in [-0.25, -0.2) is 14.4 Å². The second-order valence-electron chi connectivity index (χ2n) is 7.22. The highest BCUT2D eigenvalue weighted by Gasteiger charge is 2.35. The third kappa shape index (κ3) is 3.98. The van der Waals surface area contributed by atoms with Crippen molar-refractivity contribution >= 4 is 23.4 Å². The first-order valence-electron chi connectivity index (χ1n) is 10.2. The lowest BCUT2D eigenvalue weighted by atomic mass is 9.95. The van der Waals surface area contributed by atoms with Crippen molar-refractivity contribution in [3.8, 4) is 5.75 Å². The lowest BCUT2D eigenvalue weighted by molar-refractivity contribution is -0.116. The number of aromatic nitrogens is 2. The number of pyridine rings is 2. The average Bonchev–Trinajstić information content (AvgIpc) is 2.79. The minimum Gasteiger partial charge on any atom is -0.446 e. The lowest BCUT2D eigenvalue weighted by Gasteiger charge is -2.40. The monoisotopic (exact) mass is 436 g/mol. The van der Waals surface area contributed by atoms with Crippen LogP contribution in [0.2, 0.25) is 0 Å². The first-order chi connectivity index (χ1) is 15.5. The van der Waals surface area contributed by atoms with Crippen LogP contribution in [0.15, 0.2) is 64.9 Å². The Balaban J connectivity index is 1.69. The maximum Gasteiger partial charge on any atom is 0.353 e. The lowest BCUT2D eigenvalue weighted by Crippen LogP contribution is -2.46. The minimum absolute atomic E-state index is 0.00387. The molecule has 1 amide bonds. The van der Waals surface area contributed by atoms with Crippen molar-refractivity contribution in [3.05, 3.63) is 71.1 Å². The summed E-state index contributed by atoms with van der Waals surface area (Å²) >= 11 is 0. The zero-order valence-corrected chi connectivity index (χ0v) is 17.6. The predicted octanol–water partition coefficient (Wildman–Crippen LogP) is 3.89. The van der Waals surface area contributed by atoms with Crippen LogP contribution in [0, 0.1) is 10.7 Å². The number of allylic oxidation sites excluding steroid dienone is 1. The molecule has 0 bridgehead atoms. The van der Waals surface area contributed by atoms with Gasteiger partial charge in [0.25, 0.3) is 0 Å². The van der Waals surface area contributed by atoms with Gasteiger partial charge in [-0.3, -0.25) is 14.7 Å². The fraction of sp³-hybridized carbons (Fsp3) is 0.273. The smallest absolute Gasteiger partial charge is 0.353 e. The van der Waals surface area contributed by atoms with E-state index in [-0.39, 0.29) is 29.1 Å². The molecule has 2 aliphatic rings. The van der Waals surface area contributed by atoms with Gasteiger partial charge in [-0.1, -0.05) is 19.1 Å². The van der Waals surface area contributed by atoms with Crippen molar-refractivity contribution < 1.29 is 13.9 Å². The van der Waals surface area contributed by atoms with Crippen LogP contribution >= 0.6 is 0 Å². The number of carbonyl (C=O) groups is 1. The Morgan fingerprint density at radius 1 is 1.34 bits per heavy atom. The Bertz CT molecular complexity index is 1130. The van der Waals surface area contributed by atoms with Crippen molar-refractivity contribution in [1.29, 1.82) is 0 Å². The zero-order valence-electron chi connectivity index (χ0n) is 17.6. The summed E-state index contributed by atoms with van der Waals surface area (Å²) in [6.45, 7) is 4.84. The van der Waals surface area contributed by atoms with Crippen LogP contribution in [0.4, 0.5) is 16.0 Å². The minimum atomic E-state index is -1.10. The summed E-state index contributed by atoms with van der Waals surface area (Å²) in [5.41, 5.74) is 0.950. The van der Waals surface area contributed by atoms with Gasteiger partial charge >= 0.3 is 5.91 Å². The van der Waals surface area contributed by atoms with E-state index in [4.69, 9.17) is 4.74 Å². The molecule has 0 N–H and O–H groups in total. The molecule has 1 fully saturated rings. The third-order valence-electron chi connectivity index (χ3n) is 5.15. The van der Waals surface area contributed by atoms with Crippen molar-refractivity contribution in [2.24, 2.45) is 10.2 Å². The Labute approximate surface area is 183 Å². The topological polar surface area (TPSA) is 100 Å². The molecule has 32 heavy (non-hydrogen) atoms. The highest BCUT2D eigenvalue weighted by atomic mass is 19.1. The van der Waals surface area contributed by atoms with E-state index in [9.17, 15) is 14.1 Å². The van der Waals surface area contributed by atoms with Gasteiger partial charge in [0.2, 0.25) is 5.76 Å². The van der Waals surface area contributed by atoms with Crippen molar-refractivity contribution in [3.63, 3.8) is 0 Å². The van der Waals surface area contributed by atoms with Gasteiger partial charge in [0, 0.05) is 54.8 Å². The number of aliphatic imine (C=N–C) groups is 1. The number of rotatable bonds is 5. The number of carbonyl (C=O) groups excluding carboxylic acids is 1. The van der Waals surface area contributed by atoms with E-state index < -0.39 is 11.7 Å². The molecule has 0 atom stereocenters. The first kappa shape index (κ1) is 21.3. The number of nitroso groups, excluding NO2 is 1. The Morgan fingerprint density at radius 3 is 2.81 bits per heavy atom. The molecule has 2 aliphatic heterocycles. The van der Waals surface area contributed by atoms with Crippen molar-refractivity contribution in [2.75, 3.05) is 22.9 Å². The summed E-state index contributed by atoms with van der Waals surface area (Å²) in [4.78, 5) is 39.2. The summed E-state index contributed by atoms with van der Waals surface area (Å²) in [7, 11) is 0. The molecule has 0 spiro atoms. The van der Waals surface area contributed by atoms with Crippen LogP contribution in [-0.2, 0) is 4.79 Å². The largest absolute Gasteiger partial charge is 0.446 e. The Hall–Kier alpha value is -3.95. The maximum atomic E-state index is 15.0. The van der Waals surface area contributed by atoms with Crippen LogP contribution in [0.5, 0.6) is 5.75 Å². The van der Waals surface area contributed by atoms with Gasteiger partial charge in [0.05, 0.1) is 6.20 Å². The van der Waals surface area contributed by atoms with Crippen molar-refractivity contribution in [1.82, 2.24) is 9.97 Å². The number of fused-ring (bicyclic) bond motifs is 1. The molecule has 10 heteroatoms. The van der Waals surface area contributed by atoms with Crippen LogP contribution < -0.4 is 14.5 Å². The summed E-state index contributed by atoms with van der Waals surface area (Å²) in [6.07, 6.45) is 6.87. The molecule has 4 rings (SSSR count). The summed E-state index contributed by atoms with van der Waals surface area (Å²) in [5, 5.41) is 2.40. The third-order valence-corrected chi connectivity index (χ3v) is 5.15. The summed E-state index contributed by atoms with van der Waals surface area (Å²) in [6, 6.07) is 6.89. The highest BCUT2D eigenvalue weighted by Crippen LogP contribution is 2.39. The molecule has 2 aromatic rings. The number of halogens is 1. The fourth-order valence-corrected chi connectivity index (χ4v) is 3.53. The number of anilines is 2. The normalized spacial score (nSPS) is 16.3. The Kier molecular flexibility index (Phi) is 6.02. The van der Waals surface area contributed by atoms with Gasteiger partial charge in [-0.05, 0) is 19.1 Å². The number of nitrogens with zero attached hydrogens (tertiary/aromatic N) is 6. The van der Waals surface area contributed by atoms with E-state index in [1.807, 2.05) is 36.9 Å². The second-order valence-corrected chi connectivity index (χ2v) is 7.22. The molecule has 0 aromatic carbocycles. The second kappa shape index (κ2) is 9.04. The van der Waals surface area contributed by atoms with Gasteiger partial charge in [-0.2, -0.15) is 0 Å². The number of hydrogen-bond acceptors (Lipinski definition) is 7. The molecule has 164 valence electrons. The molecule has 0 saturated carbocycles. The van der Waals surface area contributed by atoms with E-state index >= 15 is 0 Å². The van der Waals surface area contributed by atoms with E-state index in [0.29, 0.717) is 25.3 Å². The van der Waals surface area contributed by atoms with Gasteiger partial charge in [0.15, 0.2) is 23.2 Å². The highest BCUT2D eigenvalue weighted by molar-refractivity contribution is 6.03. The summed E-state index contributed by atoms with van der Waals surface area (Å²) in [5.74, 6) is -0.869. The number of hydrogen-bond donors (Lipinski definition) is 0. The number of amidine groups is 1. The quantitative estimate of drug-likeness (QED) is 0.398. The first-order valence-corrected chi connectivity index (χ1v) is 10.2. The molecule has 4 heterocycles. The molecule has 0 radical (unpaired) electrons. The molecule has 0 unspecified atom stereocenters. The SMILES string of the molecule is C/C=C\N=C(/CC)N1C=C(C(=O)N=O)Oc2cc(F)c(N3CC(c4ccccn4)C3)nc21. The zero-order chi connectivity index (χ0) is 22.7. The molecule has 9 nitrogen and oxygen atoms in total. The van der Waals surface area contributed by atoms with E-state index in [1.54, 1.807) is 18.5 Å². The number of ether oxygens (including phenoxy) is 1. The van der Waals surface area contributed by atoms with E-state index in [0.717, 1.165) is 11.8 Å². The van der Waals surface area contributed by atoms with Gasteiger partial charge < -0.3 is 9.64 Å². The van der Waals surface area contributed by atoms with Gasteiger partial charge in [0.1, 0.15) is 5.84 Å². The van der Waals surface area contributed by atoms with Crippen LogP contribution in [0.25, 0.3) is 0 Å². The Morgan fingerprint density at radius 2 is 2.16 bits per heavy atom. The molecular weight excluding hydrogens is 415 g/mol. The molecule has 1 saturated heterocycles. The predicted molar refractivity (Wildman–Crippen MR) is 118 cm³/mol. The van der Waals surface area contributed by atoms with Crippen LogP contribution in [0.1, 0.15) is 31.9 Å². The van der Waals surface area contributed by atoms with Crippen molar-refractivity contribution in [2.45, 2.75) is 26.2 Å². The van der Waals surface area contributed by atoms with Crippen LogP contribution in [0.3, 0.4) is 0 Å². The van der Waals surface area contributed by atoms with E-state index in [1.165, 1.54) is 11.1 Å². The van der Waals surface area contributed by atoms with Gasteiger partial charge in [-0.15, -0.1) is 4.91 Å². The standard InChI is InChI=1S/C22H21FN6O3/c1-3-8-25-19(4-2)29-13-18(22(30)27-31)32-17-10-15(23)20(26-21(17)29)28-11-14(12-28)16-7-5-6-9-24-16/h3,5-10,13-14H,4,11-12H2,1-2H3/b8-3-,25-19+. The molecule has 0 aliphatic carbocycles. The summed E-state index contributed by atoms with van der Waals surface area (Å²) < 4.78 is 20.4. The van der Waals surface area contributed by atoms with E-state index in [2.05, 4.69) is 20.1 Å². The fourth-order valence-electron chi connectivity index (χ4n) is 3.53. The molecule has 2 aromatic heterocycles. The number of amides is 1. The molecular formula is C22H21FN6O3. The van der Waals surface area contributed by atoms with Crippen LogP contribution in [-0.4, -0.2) is 34.8 Å². The maximum absolute atomic E-state index is 15.0.